The maximum atomic E-state index is 12.0. The minimum atomic E-state index is -5.01. The van der Waals surface area contributed by atoms with Gasteiger partial charge in [0.25, 0.3) is 0 Å². The number of nitriles is 1. The van der Waals surface area contributed by atoms with Crippen LogP contribution in [0.15, 0.2) is 11.4 Å². The van der Waals surface area contributed by atoms with E-state index < -0.39 is 12.4 Å². The van der Waals surface area contributed by atoms with Crippen molar-refractivity contribution in [2.45, 2.75) is 0 Å². The number of nitrogens with zero attached hydrogens (tertiary/aromatic N) is 1. The Bertz CT molecular complexity index is 302. The summed E-state index contributed by atoms with van der Waals surface area (Å²) in [7, 11) is 0. The fourth-order valence-electron chi connectivity index (χ4n) is 0.668. The molecule has 0 aliphatic carbocycles. The first-order valence-electron chi connectivity index (χ1n) is 2.73. The minimum Gasteiger partial charge on any atom is -0.445 e. The van der Waals surface area contributed by atoms with Gasteiger partial charge in [0.2, 0.25) is 0 Å². The van der Waals surface area contributed by atoms with Crippen LogP contribution in [0.3, 0.4) is 0 Å². The van der Waals surface area contributed by atoms with E-state index in [2.05, 4.69) is 0 Å². The molecule has 1 heterocycles. The molecule has 1 aromatic rings. The second-order valence-electron chi connectivity index (χ2n) is 1.89. The monoisotopic (exact) mass is 215 g/mol. The molecule has 0 aromatic carbocycles. The van der Waals surface area contributed by atoms with E-state index in [1.54, 1.807) is 0 Å². The summed E-state index contributed by atoms with van der Waals surface area (Å²) >= 11 is 0.811. The topological polar surface area (TPSA) is 23.8 Å². The van der Waals surface area contributed by atoms with Gasteiger partial charge in [0.05, 0.1) is 4.88 Å². The number of rotatable bonds is 1. The van der Waals surface area contributed by atoms with Gasteiger partial charge in [-0.05, 0) is 5.38 Å². The second kappa shape index (κ2) is 4.79. The molecular weight excluding hydrogens is 213 g/mol. The van der Waals surface area contributed by atoms with Crippen molar-refractivity contribution >= 4 is 23.8 Å². The van der Waals surface area contributed by atoms with Crippen molar-refractivity contribution in [1.29, 1.82) is 5.26 Å². The van der Waals surface area contributed by atoms with Crippen LogP contribution in [0.5, 0.6) is 0 Å². The molecule has 1 rings (SSSR count). The summed E-state index contributed by atoms with van der Waals surface area (Å²) in [5.74, 6) is 0. The van der Waals surface area contributed by atoms with Gasteiger partial charge in [0.1, 0.15) is 6.07 Å². The van der Waals surface area contributed by atoms with E-state index >= 15 is 0 Å². The van der Waals surface area contributed by atoms with E-state index in [0.717, 1.165) is 17.4 Å². The van der Waals surface area contributed by atoms with Crippen LogP contribution in [-0.4, -0.2) is 6.98 Å². The predicted molar refractivity (Wildman–Crippen MR) is 37.7 cm³/mol. The van der Waals surface area contributed by atoms with Gasteiger partial charge in [-0.25, -0.2) is 0 Å². The van der Waals surface area contributed by atoms with Gasteiger partial charge in [-0.15, -0.1) is 11.3 Å². The molecule has 0 amide bonds. The summed E-state index contributed by atoms with van der Waals surface area (Å²) in [5.41, 5.74) is -0.780. The summed E-state index contributed by atoms with van der Waals surface area (Å²) in [6.45, 7) is -5.01. The minimum absolute atomic E-state index is 0. The number of thiophene rings is 1. The average Bonchev–Trinajstić information content (AvgIpc) is 2.31. The van der Waals surface area contributed by atoms with Crippen molar-refractivity contribution in [3.63, 3.8) is 0 Å². The third-order valence-corrected chi connectivity index (χ3v) is 1.98. The van der Waals surface area contributed by atoms with Crippen molar-refractivity contribution in [2.24, 2.45) is 0 Å². The third kappa shape index (κ3) is 2.87. The second-order valence-corrected chi connectivity index (χ2v) is 2.81. The number of hydrogen-bond donors (Lipinski definition) is 0. The summed E-state index contributed by atoms with van der Waals surface area (Å²) in [6, 6.07) is 2.43. The van der Waals surface area contributed by atoms with Crippen LogP contribution in [0.4, 0.5) is 12.9 Å². The van der Waals surface area contributed by atoms with Gasteiger partial charge in [0.15, 0.2) is 0 Å². The van der Waals surface area contributed by atoms with Crippen LogP contribution in [0.25, 0.3) is 0 Å². The fraction of sp³-hybridized carbons (Fsp3) is 0. The SMILES string of the molecule is N#Cc1sccc1[B-](F)(F)F.[K+]. The smallest absolute Gasteiger partial charge is 0.445 e. The van der Waals surface area contributed by atoms with Gasteiger partial charge < -0.3 is 12.9 Å². The molecule has 0 spiro atoms. The van der Waals surface area contributed by atoms with Gasteiger partial charge >= 0.3 is 58.4 Å². The van der Waals surface area contributed by atoms with Crippen molar-refractivity contribution < 1.29 is 64.3 Å². The molecule has 58 valence electrons. The van der Waals surface area contributed by atoms with Gasteiger partial charge in [-0.2, -0.15) is 5.26 Å². The summed E-state index contributed by atoms with van der Waals surface area (Å²) in [6.07, 6.45) is 0. The number of halogens is 3. The molecule has 0 radical (unpaired) electrons. The molecule has 0 aliphatic rings. The van der Waals surface area contributed by atoms with Crippen molar-refractivity contribution in [1.82, 2.24) is 0 Å². The molecule has 0 unspecified atom stereocenters. The zero-order chi connectivity index (χ0) is 8.48. The molecule has 0 N–H and O–H groups in total. The van der Waals surface area contributed by atoms with E-state index in [1.165, 1.54) is 11.4 Å². The molecule has 0 saturated carbocycles. The Kier molecular flexibility index (Phi) is 5.06. The zero-order valence-electron chi connectivity index (χ0n) is 6.22. The average molecular weight is 215 g/mol. The van der Waals surface area contributed by atoms with Crippen molar-refractivity contribution in [3.8, 4) is 6.07 Å². The Morgan fingerprint density at radius 3 is 2.33 bits per heavy atom. The van der Waals surface area contributed by atoms with E-state index in [4.69, 9.17) is 5.26 Å². The van der Waals surface area contributed by atoms with E-state index in [0.29, 0.717) is 0 Å². The van der Waals surface area contributed by atoms with E-state index in [1.807, 2.05) is 0 Å². The maximum absolute atomic E-state index is 12.0. The molecule has 0 bridgehead atoms. The quantitative estimate of drug-likeness (QED) is 0.533. The predicted octanol–water partition coefficient (Wildman–Crippen LogP) is -1.32. The third-order valence-electron chi connectivity index (χ3n) is 1.15. The summed E-state index contributed by atoms with van der Waals surface area (Å²) in [5, 5.41) is 9.51. The first-order valence-corrected chi connectivity index (χ1v) is 3.61. The number of hydrogen-bond acceptors (Lipinski definition) is 2. The van der Waals surface area contributed by atoms with Crippen LogP contribution in [0, 0.1) is 11.3 Å². The van der Waals surface area contributed by atoms with Crippen LogP contribution >= 0.6 is 11.3 Å². The van der Waals surface area contributed by atoms with Crippen molar-refractivity contribution in [3.05, 3.63) is 16.3 Å². The molecular formula is C5H2BF3KNS. The maximum Gasteiger partial charge on any atom is 1.00 e. The Labute approximate surface area is 114 Å². The summed E-state index contributed by atoms with van der Waals surface area (Å²) in [4.78, 5) is -0.252. The standard InChI is InChI=1S/C5H2BF3NS.K/c7-6(8,9)4-1-2-11-5(4)3-10;/h1-2H;/q-1;+1. The first kappa shape index (κ1) is 12.7. The molecule has 12 heavy (non-hydrogen) atoms. The molecule has 0 aliphatic heterocycles. The van der Waals surface area contributed by atoms with Crippen LogP contribution in [0.1, 0.15) is 4.88 Å². The van der Waals surface area contributed by atoms with Gasteiger partial charge in [0, 0.05) is 0 Å². The van der Waals surface area contributed by atoms with Crippen molar-refractivity contribution in [2.75, 3.05) is 0 Å². The van der Waals surface area contributed by atoms with E-state index in [-0.39, 0.29) is 56.3 Å². The molecule has 1 nitrogen and oxygen atoms in total. The molecule has 0 fully saturated rings. The van der Waals surface area contributed by atoms with Gasteiger partial charge in [-0.3, -0.25) is 0 Å². The fourth-order valence-corrected chi connectivity index (χ4v) is 1.41. The Morgan fingerprint density at radius 2 is 2.00 bits per heavy atom. The molecule has 7 heteroatoms. The molecule has 1 aromatic heterocycles. The Morgan fingerprint density at radius 1 is 1.42 bits per heavy atom. The molecule has 0 atom stereocenters. The Balaban J connectivity index is 0.00000121. The molecule has 0 saturated heterocycles. The van der Waals surface area contributed by atoms with E-state index in [9.17, 15) is 12.9 Å². The normalized spacial score (nSPS) is 10.2. The van der Waals surface area contributed by atoms with Crippen LogP contribution < -0.4 is 56.8 Å². The van der Waals surface area contributed by atoms with Gasteiger partial charge in [-0.1, -0.05) is 11.5 Å². The largest absolute Gasteiger partial charge is 1.00 e. The zero-order valence-corrected chi connectivity index (χ0v) is 10.2. The first-order chi connectivity index (χ1) is 5.05. The Hall–Kier alpha value is 0.681. The van der Waals surface area contributed by atoms with Crippen LogP contribution in [0.2, 0.25) is 0 Å². The van der Waals surface area contributed by atoms with Crippen LogP contribution in [-0.2, 0) is 0 Å². The summed E-state index contributed by atoms with van der Waals surface area (Å²) < 4.78 is 36.0.